The molecule has 10 heteroatoms. The average molecular weight is 584 g/mol. The van der Waals surface area contributed by atoms with Crippen LogP contribution in [-0.2, 0) is 37.3 Å². The van der Waals surface area contributed by atoms with Gasteiger partial charge < -0.3 is 14.5 Å². The molecule has 2 heterocycles. The molecule has 0 bridgehead atoms. The van der Waals surface area contributed by atoms with Crippen molar-refractivity contribution in [2.24, 2.45) is 0 Å². The van der Waals surface area contributed by atoms with Gasteiger partial charge in [0.1, 0.15) is 0 Å². The molecule has 0 atom stereocenters. The molecule has 0 unspecified atom stereocenters. The quantitative estimate of drug-likeness (QED) is 0.322. The van der Waals surface area contributed by atoms with Gasteiger partial charge in [0.25, 0.3) is 0 Å². The predicted molar refractivity (Wildman–Crippen MR) is 156 cm³/mol. The highest BCUT2D eigenvalue weighted by Gasteiger charge is 2.33. The molecule has 1 aromatic heterocycles. The zero-order chi connectivity index (χ0) is 28.5. The van der Waals surface area contributed by atoms with Gasteiger partial charge in [0.2, 0.25) is 21.8 Å². The van der Waals surface area contributed by atoms with Crippen molar-refractivity contribution in [1.82, 2.24) is 14.1 Å². The van der Waals surface area contributed by atoms with E-state index < -0.39 is 10.0 Å². The van der Waals surface area contributed by atoms with Crippen LogP contribution < -0.4 is 0 Å². The van der Waals surface area contributed by atoms with Gasteiger partial charge >= 0.3 is 0 Å². The molecule has 1 fully saturated rings. The van der Waals surface area contributed by atoms with Crippen molar-refractivity contribution >= 4 is 33.2 Å². The number of benzene rings is 2. The lowest BCUT2D eigenvalue weighted by molar-refractivity contribution is -0.137. The molecule has 2 amide bonds. The van der Waals surface area contributed by atoms with E-state index in [1.54, 1.807) is 34.4 Å². The molecule has 40 heavy (non-hydrogen) atoms. The van der Waals surface area contributed by atoms with Crippen molar-refractivity contribution in [3.8, 4) is 0 Å². The number of carbonyl (C=O) groups is 2. The molecule has 4 rings (SSSR count). The molecule has 1 aliphatic heterocycles. The number of sulfonamides is 1. The number of hydrogen-bond acceptors (Lipinski definition) is 6. The molecule has 0 saturated carbocycles. The lowest BCUT2D eigenvalue weighted by Crippen LogP contribution is -2.51. The summed E-state index contributed by atoms with van der Waals surface area (Å²) >= 11 is 1.58. The monoisotopic (exact) mass is 583 g/mol. The van der Waals surface area contributed by atoms with E-state index in [0.29, 0.717) is 38.9 Å². The number of aryl methyl sites for hydroxylation is 1. The largest absolute Gasteiger partial charge is 0.383 e. The number of rotatable bonds is 12. The van der Waals surface area contributed by atoms with Crippen LogP contribution >= 0.6 is 11.3 Å². The first-order valence-corrected chi connectivity index (χ1v) is 15.8. The SMILES string of the molecule is COCCN(CC(=O)N(Cc1ccc(C)cc1)C1CCN(C(=O)Cc2cccs2)CC1)S(=O)(=O)c1ccccc1. The maximum Gasteiger partial charge on any atom is 0.243 e. The highest BCUT2D eigenvalue weighted by molar-refractivity contribution is 7.89. The molecule has 8 nitrogen and oxygen atoms in total. The zero-order valence-electron chi connectivity index (χ0n) is 23.1. The number of ether oxygens (including phenoxy) is 1. The second kappa shape index (κ2) is 14.0. The number of nitrogens with zero attached hydrogens (tertiary/aromatic N) is 3. The fraction of sp³-hybridized carbons (Fsp3) is 0.400. The maximum absolute atomic E-state index is 13.9. The van der Waals surface area contributed by atoms with E-state index in [1.807, 2.05) is 53.6 Å². The number of likely N-dealkylation sites (tertiary alicyclic amines) is 1. The van der Waals surface area contributed by atoms with Crippen molar-refractivity contribution < 1.29 is 22.7 Å². The maximum atomic E-state index is 13.9. The third kappa shape index (κ3) is 7.78. The summed E-state index contributed by atoms with van der Waals surface area (Å²) in [5.74, 6) is -0.170. The number of amides is 2. The summed E-state index contributed by atoms with van der Waals surface area (Å²) in [7, 11) is -2.40. The Kier molecular flexibility index (Phi) is 10.5. The highest BCUT2D eigenvalue weighted by Crippen LogP contribution is 2.23. The third-order valence-electron chi connectivity index (χ3n) is 7.19. The summed E-state index contributed by atoms with van der Waals surface area (Å²) in [6.07, 6.45) is 1.66. The van der Waals surface area contributed by atoms with Gasteiger partial charge in [-0.1, -0.05) is 54.1 Å². The fourth-order valence-corrected chi connectivity index (χ4v) is 6.96. The van der Waals surface area contributed by atoms with E-state index in [2.05, 4.69) is 0 Å². The summed E-state index contributed by atoms with van der Waals surface area (Å²) in [4.78, 5) is 31.6. The number of methoxy groups -OCH3 is 1. The first-order valence-electron chi connectivity index (χ1n) is 13.5. The fourth-order valence-electron chi connectivity index (χ4n) is 4.87. The van der Waals surface area contributed by atoms with Crippen molar-refractivity contribution in [3.05, 3.63) is 88.1 Å². The minimum absolute atomic E-state index is 0.0630. The molecule has 0 N–H and O–H groups in total. The van der Waals surface area contributed by atoms with Crippen molar-refractivity contribution in [2.45, 2.75) is 43.7 Å². The second-order valence-corrected chi connectivity index (χ2v) is 13.0. The van der Waals surface area contributed by atoms with Crippen molar-refractivity contribution in [1.29, 1.82) is 0 Å². The number of thiophene rings is 1. The van der Waals surface area contributed by atoms with Crippen LogP contribution in [0.4, 0.5) is 0 Å². The van der Waals surface area contributed by atoms with Crippen LogP contribution in [0.1, 0.15) is 28.8 Å². The number of carbonyl (C=O) groups excluding carboxylic acids is 2. The number of piperidine rings is 1. The van der Waals surface area contributed by atoms with Crippen molar-refractivity contribution in [2.75, 3.05) is 39.9 Å². The Hall–Kier alpha value is -3.05. The molecular formula is C30H37N3O5S2. The normalized spacial score (nSPS) is 14.4. The summed E-state index contributed by atoms with van der Waals surface area (Å²) in [6.45, 7) is 3.44. The van der Waals surface area contributed by atoms with Crippen LogP contribution in [0, 0.1) is 6.92 Å². The Balaban J connectivity index is 1.51. The predicted octanol–water partition coefficient (Wildman–Crippen LogP) is 3.96. The minimum Gasteiger partial charge on any atom is -0.383 e. The van der Waals surface area contributed by atoms with Gasteiger partial charge in [0.05, 0.1) is 24.5 Å². The third-order valence-corrected chi connectivity index (χ3v) is 9.93. The van der Waals surface area contributed by atoms with Crippen LogP contribution in [0.5, 0.6) is 0 Å². The van der Waals surface area contributed by atoms with Crippen LogP contribution in [0.2, 0.25) is 0 Å². The Morgan fingerprint density at radius 1 is 1.00 bits per heavy atom. The molecule has 214 valence electrons. The zero-order valence-corrected chi connectivity index (χ0v) is 24.7. The average Bonchev–Trinajstić information content (AvgIpc) is 3.48. The van der Waals surface area contributed by atoms with Gasteiger partial charge in [-0.15, -0.1) is 11.3 Å². The highest BCUT2D eigenvalue weighted by atomic mass is 32.2. The van der Waals surface area contributed by atoms with E-state index >= 15 is 0 Å². The molecule has 3 aromatic rings. The molecule has 1 aliphatic rings. The topological polar surface area (TPSA) is 87.2 Å². The Labute approximate surface area is 241 Å². The molecule has 0 spiro atoms. The Bertz CT molecular complexity index is 1340. The molecular weight excluding hydrogens is 546 g/mol. The van der Waals surface area contributed by atoms with Crippen molar-refractivity contribution in [3.63, 3.8) is 0 Å². The molecule has 0 aliphatic carbocycles. The molecule has 2 aromatic carbocycles. The van der Waals surface area contributed by atoms with E-state index in [4.69, 9.17) is 4.74 Å². The van der Waals surface area contributed by atoms with E-state index in [-0.39, 0.29) is 42.4 Å². The van der Waals surface area contributed by atoms with Crippen LogP contribution in [0.25, 0.3) is 0 Å². The first-order chi connectivity index (χ1) is 19.3. The van der Waals surface area contributed by atoms with Crippen LogP contribution in [0.3, 0.4) is 0 Å². The number of hydrogen-bond donors (Lipinski definition) is 0. The lowest BCUT2D eigenvalue weighted by Gasteiger charge is -2.39. The van der Waals surface area contributed by atoms with Crippen LogP contribution in [-0.4, -0.2) is 80.3 Å². The van der Waals surface area contributed by atoms with Gasteiger partial charge in [0.15, 0.2) is 0 Å². The van der Waals surface area contributed by atoms with Gasteiger partial charge in [-0.2, -0.15) is 4.31 Å². The Morgan fingerprint density at radius 2 is 1.70 bits per heavy atom. The van der Waals surface area contributed by atoms with E-state index in [1.165, 1.54) is 23.5 Å². The van der Waals surface area contributed by atoms with Crippen LogP contribution in [0.15, 0.2) is 77.0 Å². The van der Waals surface area contributed by atoms with Gasteiger partial charge in [-0.05, 0) is 48.9 Å². The minimum atomic E-state index is -3.90. The summed E-state index contributed by atoms with van der Waals surface area (Å²) in [6, 6.07) is 20.0. The second-order valence-electron chi connectivity index (χ2n) is 10.0. The standard InChI is InChI=1S/C30H37N3O5S2/c1-24-10-12-25(13-11-24)22-33(26-14-16-31(17-15-26)29(34)21-27-7-6-20-39-27)30(35)23-32(18-19-38-2)40(36,37)28-8-4-3-5-9-28/h3-13,20,26H,14-19,21-23H2,1-2H3. The van der Waals surface area contributed by atoms with Gasteiger partial charge in [0, 0.05) is 44.2 Å². The van der Waals surface area contributed by atoms with Gasteiger partial charge in [-0.3, -0.25) is 9.59 Å². The first kappa shape index (κ1) is 29.9. The van der Waals surface area contributed by atoms with E-state index in [0.717, 1.165) is 16.0 Å². The van der Waals surface area contributed by atoms with Gasteiger partial charge in [-0.25, -0.2) is 8.42 Å². The summed E-state index contributed by atoms with van der Waals surface area (Å²) < 4.78 is 33.3. The molecule has 0 radical (unpaired) electrons. The molecule has 1 saturated heterocycles. The summed E-state index contributed by atoms with van der Waals surface area (Å²) in [5.41, 5.74) is 2.10. The summed E-state index contributed by atoms with van der Waals surface area (Å²) in [5, 5.41) is 1.97. The smallest absolute Gasteiger partial charge is 0.243 e. The lowest BCUT2D eigenvalue weighted by atomic mass is 10.0. The van der Waals surface area contributed by atoms with E-state index in [9.17, 15) is 18.0 Å². The Morgan fingerprint density at radius 3 is 2.33 bits per heavy atom.